The van der Waals surface area contributed by atoms with Gasteiger partial charge in [0.25, 0.3) is 5.91 Å². The van der Waals surface area contributed by atoms with Crippen molar-refractivity contribution >= 4 is 65.3 Å². The molecule has 1 heterocycles. The zero-order valence-electron chi connectivity index (χ0n) is 28.3. The summed E-state index contributed by atoms with van der Waals surface area (Å²) in [6.45, 7) is 7.79. The Kier molecular flexibility index (Phi) is 11.0. The lowest BCUT2D eigenvalue weighted by Gasteiger charge is -2.50. The Bertz CT molecular complexity index is 1600. The zero-order valence-corrected chi connectivity index (χ0v) is 29.9. The maximum absolute atomic E-state index is 14.2. The predicted molar refractivity (Wildman–Crippen MR) is 186 cm³/mol. The molecule has 0 aromatic heterocycles. The normalized spacial score (nSPS) is 27.1. The van der Waals surface area contributed by atoms with E-state index in [1.807, 2.05) is 0 Å². The lowest BCUT2D eigenvalue weighted by Crippen LogP contribution is -2.65. The number of aliphatic hydroxyl groups is 3. The van der Waals surface area contributed by atoms with E-state index in [1.54, 1.807) is 39.2 Å². The number of fused-ring (bicyclic) bond motifs is 3. The van der Waals surface area contributed by atoms with Gasteiger partial charge in [-0.25, -0.2) is 0 Å². The van der Waals surface area contributed by atoms with E-state index in [1.165, 1.54) is 4.90 Å². The van der Waals surface area contributed by atoms with Crippen LogP contribution in [0.1, 0.15) is 51.2 Å². The Balaban J connectivity index is 0.00000312. The van der Waals surface area contributed by atoms with Crippen molar-refractivity contribution in [2.24, 2.45) is 23.0 Å². The number of hydrogen-bond acceptors (Lipinski definition) is 11. The van der Waals surface area contributed by atoms with Gasteiger partial charge in [0, 0.05) is 37.8 Å². The smallest absolute Gasteiger partial charge is 0.255 e. The Hall–Kier alpha value is -3.36. The maximum atomic E-state index is 14.2. The number of anilines is 2. The van der Waals surface area contributed by atoms with Crippen LogP contribution >= 0.6 is 24.8 Å². The number of amides is 2. The number of primary amides is 1. The maximum Gasteiger partial charge on any atom is 0.255 e. The monoisotopic (exact) mass is 711 g/mol. The van der Waals surface area contributed by atoms with Crippen molar-refractivity contribution in [3.8, 4) is 5.75 Å². The van der Waals surface area contributed by atoms with Gasteiger partial charge in [-0.15, -0.1) is 24.8 Å². The van der Waals surface area contributed by atoms with Gasteiger partial charge in [0.1, 0.15) is 22.8 Å². The third kappa shape index (κ3) is 6.15. The summed E-state index contributed by atoms with van der Waals surface area (Å²) in [6.07, 6.45) is 1.64. The van der Waals surface area contributed by atoms with E-state index in [2.05, 4.69) is 31.0 Å². The number of hydrogen-bond donors (Lipinski definition) is 6. The van der Waals surface area contributed by atoms with Crippen LogP contribution in [0.25, 0.3) is 5.76 Å². The molecule has 15 heteroatoms. The molecular formula is C33H47Cl2N5O8. The van der Waals surface area contributed by atoms with Crippen LogP contribution in [0, 0.1) is 17.3 Å². The number of nitrogens with two attached hydrogens (primary N) is 1. The van der Waals surface area contributed by atoms with Crippen molar-refractivity contribution in [2.45, 2.75) is 64.1 Å². The number of carbonyl (C=O) groups excluding carboxylic acids is 4. The minimum atomic E-state index is -2.73. The first kappa shape index (κ1) is 39.1. The molecule has 3 aliphatic carbocycles. The molecule has 1 aromatic carbocycles. The largest absolute Gasteiger partial charge is 0.508 e. The van der Waals surface area contributed by atoms with Crippen LogP contribution in [0.4, 0.5) is 11.4 Å². The number of carbonyl (C=O) groups is 4. The number of phenols is 1. The van der Waals surface area contributed by atoms with Crippen LogP contribution in [0.3, 0.4) is 0 Å². The van der Waals surface area contributed by atoms with Crippen molar-refractivity contribution in [1.82, 2.24) is 9.80 Å². The molecule has 1 saturated heterocycles. The quantitative estimate of drug-likeness (QED) is 0.187. The lowest BCUT2D eigenvalue weighted by atomic mass is 9.57. The van der Waals surface area contributed by atoms with Gasteiger partial charge in [-0.1, -0.05) is 20.8 Å². The number of benzene rings is 1. The summed E-state index contributed by atoms with van der Waals surface area (Å²) >= 11 is 0. The van der Waals surface area contributed by atoms with Gasteiger partial charge >= 0.3 is 0 Å². The number of likely N-dealkylation sites (tertiary alicyclic amines) is 1. The van der Waals surface area contributed by atoms with Crippen LogP contribution < -0.4 is 16.0 Å². The van der Waals surface area contributed by atoms with Crippen LogP contribution in [0.15, 0.2) is 23.0 Å². The second kappa shape index (κ2) is 13.5. The van der Waals surface area contributed by atoms with Crippen LogP contribution in [0.2, 0.25) is 0 Å². The summed E-state index contributed by atoms with van der Waals surface area (Å²) in [6, 6.07) is 0.0624. The minimum Gasteiger partial charge on any atom is -0.508 e. The highest BCUT2D eigenvalue weighted by Crippen LogP contribution is 2.54. The Labute approximate surface area is 292 Å². The lowest BCUT2D eigenvalue weighted by molar-refractivity contribution is -0.153. The first-order chi connectivity index (χ1) is 21.3. The standard InChI is InChI=1S/C33H45N5O8.2ClH/c1-32(2,3)14-38-10-8-9-19(38)31(45)35-18-13-20(36(4)5)16-11-15-12-17-24(37(6)7)27(41)23(30(34)44)29(43)33(17,46)28(42)21(15)26(40)22(16)25(18)39;;/h13,15,17,19,24,39-40,43,46H,8-12,14H2,1-7H3,(H2,34,44)(H,35,45);2*1H/t15-,17-,19+,24-,33-;;/m1../s1. The molecule has 266 valence electrons. The van der Waals surface area contributed by atoms with Crippen molar-refractivity contribution in [3.63, 3.8) is 0 Å². The molecule has 0 unspecified atom stereocenters. The predicted octanol–water partition coefficient (Wildman–Crippen LogP) is 2.32. The van der Waals surface area contributed by atoms with Crippen LogP contribution in [-0.2, 0) is 25.6 Å². The molecule has 0 bridgehead atoms. The number of aliphatic hydroxyl groups excluding tert-OH is 2. The van der Waals surface area contributed by atoms with Gasteiger partial charge in [-0.3, -0.25) is 29.0 Å². The Morgan fingerprint density at radius 2 is 1.73 bits per heavy atom. The number of nitrogens with zero attached hydrogens (tertiary/aromatic N) is 3. The van der Waals surface area contributed by atoms with Crippen LogP contribution in [-0.4, -0.2) is 113 Å². The second-order valence-electron chi connectivity index (χ2n) is 14.7. The Morgan fingerprint density at radius 1 is 1.10 bits per heavy atom. The van der Waals surface area contributed by atoms with E-state index in [0.717, 1.165) is 13.0 Å². The van der Waals surface area contributed by atoms with Gasteiger partial charge in [0.15, 0.2) is 11.4 Å². The summed E-state index contributed by atoms with van der Waals surface area (Å²) in [7, 11) is 6.66. The van der Waals surface area contributed by atoms with Gasteiger partial charge < -0.3 is 36.4 Å². The molecule has 13 nitrogen and oxygen atoms in total. The highest BCUT2D eigenvalue weighted by Gasteiger charge is 2.64. The molecule has 5 atom stereocenters. The van der Waals surface area contributed by atoms with E-state index in [4.69, 9.17) is 5.73 Å². The van der Waals surface area contributed by atoms with Crippen molar-refractivity contribution < 1.29 is 39.6 Å². The van der Waals surface area contributed by atoms with Crippen molar-refractivity contribution in [2.75, 3.05) is 51.5 Å². The number of nitrogens with one attached hydrogen (secondary N) is 1. The summed E-state index contributed by atoms with van der Waals surface area (Å²) in [5, 5.41) is 49.1. The third-order valence-electron chi connectivity index (χ3n) is 9.78. The molecule has 1 saturated carbocycles. The van der Waals surface area contributed by atoms with E-state index >= 15 is 0 Å². The molecule has 48 heavy (non-hydrogen) atoms. The molecule has 2 amide bonds. The number of aromatic hydroxyl groups is 1. The molecular weight excluding hydrogens is 665 g/mol. The average Bonchev–Trinajstić information content (AvgIpc) is 3.38. The second-order valence-corrected chi connectivity index (χ2v) is 14.7. The van der Waals surface area contributed by atoms with Crippen molar-refractivity contribution in [1.29, 1.82) is 0 Å². The molecule has 0 radical (unpaired) electrons. The van der Waals surface area contributed by atoms with E-state index < -0.39 is 69.8 Å². The number of ketones is 2. The zero-order chi connectivity index (χ0) is 34.2. The number of rotatable bonds is 6. The minimum absolute atomic E-state index is 0. The van der Waals surface area contributed by atoms with Gasteiger partial charge in [0.2, 0.25) is 11.7 Å². The first-order valence-corrected chi connectivity index (χ1v) is 15.6. The topological polar surface area (TPSA) is 197 Å². The van der Waals surface area contributed by atoms with Gasteiger partial charge in [0.05, 0.1) is 23.3 Å². The highest BCUT2D eigenvalue weighted by molar-refractivity contribution is 6.24. The average molecular weight is 713 g/mol. The van der Waals surface area contributed by atoms with E-state index in [0.29, 0.717) is 24.2 Å². The number of likely N-dealkylation sites (N-methyl/N-ethyl adjacent to an activating group) is 1. The van der Waals surface area contributed by atoms with Gasteiger partial charge in [-0.2, -0.15) is 0 Å². The highest BCUT2D eigenvalue weighted by atomic mass is 35.5. The molecule has 0 spiro atoms. The van der Waals surface area contributed by atoms with E-state index in [9.17, 15) is 39.6 Å². The van der Waals surface area contributed by atoms with E-state index in [-0.39, 0.29) is 65.8 Å². The fourth-order valence-corrected chi connectivity index (χ4v) is 7.92. The first-order valence-electron chi connectivity index (χ1n) is 15.6. The summed E-state index contributed by atoms with van der Waals surface area (Å²) in [5.74, 6) is -7.54. The fraction of sp³-hybridized carbons (Fsp3) is 0.576. The molecule has 1 aromatic rings. The third-order valence-corrected chi connectivity index (χ3v) is 9.78. The molecule has 1 aliphatic heterocycles. The molecule has 7 N–H and O–H groups in total. The molecule has 4 aliphatic rings. The molecule has 5 rings (SSSR count). The number of phenolic OH excluding ortho intramolecular Hbond substituents is 1. The summed E-state index contributed by atoms with van der Waals surface area (Å²) < 4.78 is 0. The summed E-state index contributed by atoms with van der Waals surface area (Å²) in [5.41, 5.74) is 2.62. The number of halogens is 2. The van der Waals surface area contributed by atoms with Crippen molar-refractivity contribution in [3.05, 3.63) is 34.1 Å². The van der Waals surface area contributed by atoms with Gasteiger partial charge in [-0.05, 0) is 69.3 Å². The summed E-state index contributed by atoms with van der Waals surface area (Å²) in [4.78, 5) is 58.7. The van der Waals surface area contributed by atoms with Crippen LogP contribution in [0.5, 0.6) is 5.75 Å². The SMILES string of the molecule is CN(C)c1cc(NC(=O)[C@@H]2CCCN2CC(C)(C)C)c(O)c2c1C[C@@H]1C[C@@H]3[C@@H](N(C)C)C(=O)C(C(N)=O)=C(O)[C@]3(O)C(=O)C1=C2O.Cl.Cl. The fourth-order valence-electron chi connectivity index (χ4n) is 7.92. The number of Topliss-reactive ketones (excluding diaryl/α,β-unsaturated/α-hetero) is 2. The Morgan fingerprint density at radius 3 is 2.27 bits per heavy atom. The molecule has 2 fully saturated rings.